The van der Waals surface area contributed by atoms with Crippen LogP contribution in [0.1, 0.15) is 52.4 Å². The van der Waals surface area contributed by atoms with Gasteiger partial charge in [0.2, 0.25) is 0 Å². The first-order valence-electron chi connectivity index (χ1n) is 8.25. The number of aliphatic hydroxyl groups excluding tert-OH is 1. The van der Waals surface area contributed by atoms with Gasteiger partial charge < -0.3 is 10.4 Å². The van der Waals surface area contributed by atoms with Crippen LogP contribution in [0, 0.1) is 11.3 Å². The van der Waals surface area contributed by atoms with Crippen molar-refractivity contribution in [3.63, 3.8) is 0 Å². The number of hydrogen-bond acceptors (Lipinski definition) is 3. The van der Waals surface area contributed by atoms with E-state index >= 15 is 0 Å². The Labute approximate surface area is 118 Å². The monoisotopic (exact) mass is 268 g/mol. The number of rotatable bonds is 6. The van der Waals surface area contributed by atoms with Gasteiger partial charge in [0.1, 0.15) is 0 Å². The first-order valence-corrected chi connectivity index (χ1v) is 8.25. The van der Waals surface area contributed by atoms with Crippen LogP contribution in [0.25, 0.3) is 0 Å². The number of nitrogens with one attached hydrogen (secondary N) is 1. The van der Waals surface area contributed by atoms with Gasteiger partial charge in [0.25, 0.3) is 0 Å². The predicted octanol–water partition coefficient (Wildman–Crippen LogP) is 2.25. The van der Waals surface area contributed by atoms with Crippen molar-refractivity contribution in [1.29, 1.82) is 0 Å². The summed E-state index contributed by atoms with van der Waals surface area (Å²) < 4.78 is 0. The molecule has 1 aliphatic carbocycles. The lowest BCUT2D eigenvalue weighted by Crippen LogP contribution is -2.48. The first kappa shape index (κ1) is 15.3. The average molecular weight is 268 g/mol. The number of nitrogens with zero attached hydrogens (tertiary/aromatic N) is 1. The van der Waals surface area contributed by atoms with Gasteiger partial charge in [-0.2, -0.15) is 0 Å². The van der Waals surface area contributed by atoms with Gasteiger partial charge in [0.15, 0.2) is 0 Å². The van der Waals surface area contributed by atoms with E-state index < -0.39 is 0 Å². The third-order valence-electron chi connectivity index (χ3n) is 5.33. The molecule has 2 aliphatic rings. The van der Waals surface area contributed by atoms with Crippen LogP contribution in [0.5, 0.6) is 0 Å². The standard InChI is InChI=1S/C16H32N2O/c1-3-17-12-16(8-6-14(2)7-9-16)13-18-10-4-5-15(18)11-19/h14-15,17,19H,3-13H2,1-2H3. The van der Waals surface area contributed by atoms with E-state index in [1.807, 2.05) is 0 Å². The number of hydrogen-bond donors (Lipinski definition) is 2. The SMILES string of the molecule is CCNCC1(CN2CCCC2CO)CCC(C)CC1. The second-order valence-corrected chi connectivity index (χ2v) is 6.91. The second kappa shape index (κ2) is 7.05. The number of aliphatic hydroxyl groups is 1. The minimum absolute atomic E-state index is 0.341. The lowest BCUT2D eigenvalue weighted by Gasteiger charge is -2.43. The molecule has 0 bridgehead atoms. The Balaban J connectivity index is 1.96. The summed E-state index contributed by atoms with van der Waals surface area (Å²) in [6, 6.07) is 0.429. The third-order valence-corrected chi connectivity index (χ3v) is 5.33. The molecule has 19 heavy (non-hydrogen) atoms. The Morgan fingerprint density at radius 2 is 2.00 bits per heavy atom. The van der Waals surface area contributed by atoms with Crippen LogP contribution in [0.2, 0.25) is 0 Å². The molecular formula is C16H32N2O. The van der Waals surface area contributed by atoms with E-state index in [-0.39, 0.29) is 0 Å². The Kier molecular flexibility index (Phi) is 5.67. The minimum atomic E-state index is 0.341. The summed E-state index contributed by atoms with van der Waals surface area (Å²) >= 11 is 0. The summed E-state index contributed by atoms with van der Waals surface area (Å²) in [5, 5.41) is 13.1. The van der Waals surface area contributed by atoms with Crippen LogP contribution in [-0.4, -0.2) is 48.8 Å². The molecule has 112 valence electrons. The van der Waals surface area contributed by atoms with E-state index in [4.69, 9.17) is 0 Å². The van der Waals surface area contributed by atoms with E-state index in [2.05, 4.69) is 24.1 Å². The smallest absolute Gasteiger partial charge is 0.0586 e. The Morgan fingerprint density at radius 1 is 1.26 bits per heavy atom. The first-order chi connectivity index (χ1) is 9.19. The van der Waals surface area contributed by atoms with Gasteiger partial charge in [-0.1, -0.05) is 26.7 Å². The zero-order valence-corrected chi connectivity index (χ0v) is 12.8. The largest absolute Gasteiger partial charge is 0.395 e. The molecule has 0 radical (unpaired) electrons. The highest BCUT2D eigenvalue weighted by molar-refractivity contribution is 4.92. The van der Waals surface area contributed by atoms with Crippen molar-refractivity contribution in [3.05, 3.63) is 0 Å². The maximum Gasteiger partial charge on any atom is 0.0586 e. The van der Waals surface area contributed by atoms with Crippen LogP contribution in [0.4, 0.5) is 0 Å². The molecule has 0 aromatic rings. The summed E-state index contributed by atoms with van der Waals surface area (Å²) in [6.07, 6.45) is 7.92. The highest BCUT2D eigenvalue weighted by atomic mass is 16.3. The maximum atomic E-state index is 9.51. The molecule has 3 nitrogen and oxygen atoms in total. The molecule has 1 heterocycles. The Hall–Kier alpha value is -0.120. The summed E-state index contributed by atoms with van der Waals surface area (Å²) in [4.78, 5) is 2.56. The predicted molar refractivity (Wildman–Crippen MR) is 80.3 cm³/mol. The van der Waals surface area contributed by atoms with E-state index in [0.717, 1.165) is 19.0 Å². The maximum absolute atomic E-state index is 9.51. The molecule has 1 saturated heterocycles. The van der Waals surface area contributed by atoms with Crippen molar-refractivity contribution >= 4 is 0 Å². The van der Waals surface area contributed by atoms with Crippen molar-refractivity contribution in [2.45, 2.75) is 58.4 Å². The summed E-state index contributed by atoms with van der Waals surface area (Å²) in [7, 11) is 0. The molecule has 1 atom stereocenters. The molecule has 2 N–H and O–H groups in total. The Morgan fingerprint density at radius 3 is 2.63 bits per heavy atom. The lowest BCUT2D eigenvalue weighted by molar-refractivity contribution is 0.0637. The normalized spacial score (nSPS) is 36.8. The fourth-order valence-corrected chi connectivity index (χ4v) is 3.90. The second-order valence-electron chi connectivity index (χ2n) is 6.91. The van der Waals surface area contributed by atoms with Gasteiger partial charge in [-0.3, -0.25) is 4.90 Å². The van der Waals surface area contributed by atoms with Crippen molar-refractivity contribution < 1.29 is 5.11 Å². The fraction of sp³-hybridized carbons (Fsp3) is 1.00. The topological polar surface area (TPSA) is 35.5 Å². The molecule has 0 spiro atoms. The van der Waals surface area contributed by atoms with Crippen molar-refractivity contribution in [3.8, 4) is 0 Å². The van der Waals surface area contributed by atoms with Crippen LogP contribution >= 0.6 is 0 Å². The van der Waals surface area contributed by atoms with E-state index in [1.54, 1.807) is 0 Å². The Bertz CT molecular complexity index is 256. The summed E-state index contributed by atoms with van der Waals surface area (Å²) in [5.41, 5.74) is 0.459. The lowest BCUT2D eigenvalue weighted by atomic mass is 9.70. The molecule has 3 heteroatoms. The molecule has 0 amide bonds. The summed E-state index contributed by atoms with van der Waals surface area (Å²) in [6.45, 7) is 9.54. The highest BCUT2D eigenvalue weighted by Gasteiger charge is 2.38. The molecule has 0 aromatic carbocycles. The van der Waals surface area contributed by atoms with Gasteiger partial charge in [0.05, 0.1) is 6.61 Å². The molecule has 0 aromatic heterocycles. The van der Waals surface area contributed by atoms with Crippen LogP contribution in [0.15, 0.2) is 0 Å². The molecule has 1 aliphatic heterocycles. The van der Waals surface area contributed by atoms with Crippen LogP contribution in [0.3, 0.4) is 0 Å². The zero-order valence-electron chi connectivity index (χ0n) is 12.8. The zero-order chi connectivity index (χ0) is 13.7. The number of likely N-dealkylation sites (tertiary alicyclic amines) is 1. The molecule has 2 fully saturated rings. The van der Waals surface area contributed by atoms with Gasteiger partial charge in [0, 0.05) is 19.1 Å². The molecule has 1 saturated carbocycles. The minimum Gasteiger partial charge on any atom is -0.395 e. The van der Waals surface area contributed by atoms with Crippen LogP contribution in [-0.2, 0) is 0 Å². The van der Waals surface area contributed by atoms with Crippen molar-refractivity contribution in [1.82, 2.24) is 10.2 Å². The molecular weight excluding hydrogens is 236 g/mol. The van der Waals surface area contributed by atoms with E-state index in [1.165, 1.54) is 51.6 Å². The average Bonchev–Trinajstić information content (AvgIpc) is 2.87. The van der Waals surface area contributed by atoms with E-state index in [9.17, 15) is 5.11 Å². The van der Waals surface area contributed by atoms with Crippen molar-refractivity contribution in [2.75, 3.05) is 32.8 Å². The van der Waals surface area contributed by atoms with Gasteiger partial charge in [-0.05, 0) is 50.1 Å². The van der Waals surface area contributed by atoms with E-state index in [0.29, 0.717) is 18.1 Å². The quantitative estimate of drug-likeness (QED) is 0.775. The third kappa shape index (κ3) is 3.93. The van der Waals surface area contributed by atoms with Crippen LogP contribution < -0.4 is 5.32 Å². The van der Waals surface area contributed by atoms with Gasteiger partial charge in [-0.25, -0.2) is 0 Å². The van der Waals surface area contributed by atoms with Crippen molar-refractivity contribution in [2.24, 2.45) is 11.3 Å². The molecule has 1 unspecified atom stereocenters. The fourth-order valence-electron chi connectivity index (χ4n) is 3.90. The molecule has 2 rings (SSSR count). The van der Waals surface area contributed by atoms with Gasteiger partial charge >= 0.3 is 0 Å². The highest BCUT2D eigenvalue weighted by Crippen LogP contribution is 2.40. The summed E-state index contributed by atoms with van der Waals surface area (Å²) in [5.74, 6) is 0.905. The van der Waals surface area contributed by atoms with Gasteiger partial charge in [-0.15, -0.1) is 0 Å².